The molecule has 0 unspecified atom stereocenters. The Morgan fingerprint density at radius 3 is 2.92 bits per heavy atom. The first-order valence-corrected chi connectivity index (χ1v) is 4.26. The van der Waals surface area contributed by atoms with E-state index in [1.54, 1.807) is 11.8 Å². The molecule has 0 N–H and O–H groups in total. The lowest BCUT2D eigenvalue weighted by Gasteiger charge is -1.98. The third-order valence-electron chi connectivity index (χ3n) is 2.01. The summed E-state index contributed by atoms with van der Waals surface area (Å²) in [7, 11) is 3.49. The Morgan fingerprint density at radius 2 is 2.23 bits per heavy atom. The number of benzene rings is 1. The highest BCUT2D eigenvalue weighted by atomic mass is 35.5. The average molecular weight is 197 g/mol. The lowest BCUT2D eigenvalue weighted by Crippen LogP contribution is -1.88. The predicted molar refractivity (Wildman–Crippen MR) is 52.3 cm³/mol. The fourth-order valence-electron chi connectivity index (χ4n) is 1.33. The second-order valence-electron chi connectivity index (χ2n) is 2.80. The van der Waals surface area contributed by atoms with Gasteiger partial charge in [-0.2, -0.15) is 5.10 Å². The second-order valence-corrected chi connectivity index (χ2v) is 3.16. The molecule has 1 aromatic carbocycles. The minimum Gasteiger partial charge on any atom is -0.497 e. The fraction of sp³-hybridized carbons (Fsp3) is 0.222. The van der Waals surface area contributed by atoms with Crippen LogP contribution in [0.2, 0.25) is 5.15 Å². The highest BCUT2D eigenvalue weighted by Crippen LogP contribution is 2.25. The standard InChI is InChI=1S/C9H9ClN2O/c1-12-8-4-3-6(13-2)5-7(8)9(10)11-12/h3-5H,1-2H3. The van der Waals surface area contributed by atoms with Gasteiger partial charge in [-0.1, -0.05) is 11.6 Å². The van der Waals surface area contributed by atoms with Crippen molar-refractivity contribution in [3.63, 3.8) is 0 Å². The van der Waals surface area contributed by atoms with E-state index in [0.29, 0.717) is 5.15 Å². The zero-order valence-electron chi connectivity index (χ0n) is 7.41. The molecule has 0 fully saturated rings. The van der Waals surface area contributed by atoms with Crippen LogP contribution in [0.4, 0.5) is 0 Å². The van der Waals surface area contributed by atoms with Crippen molar-refractivity contribution in [1.82, 2.24) is 9.78 Å². The highest BCUT2D eigenvalue weighted by Gasteiger charge is 2.06. The van der Waals surface area contributed by atoms with Crippen molar-refractivity contribution in [1.29, 1.82) is 0 Å². The number of methoxy groups -OCH3 is 1. The lowest BCUT2D eigenvalue weighted by atomic mass is 10.2. The maximum atomic E-state index is 5.92. The van der Waals surface area contributed by atoms with Crippen LogP contribution >= 0.6 is 11.6 Å². The Balaban J connectivity index is 2.76. The van der Waals surface area contributed by atoms with Crippen molar-refractivity contribution in [2.45, 2.75) is 0 Å². The maximum Gasteiger partial charge on any atom is 0.159 e. The first kappa shape index (κ1) is 8.38. The number of aromatic nitrogens is 2. The number of ether oxygens (including phenoxy) is 1. The molecule has 0 saturated carbocycles. The molecule has 2 rings (SSSR count). The van der Waals surface area contributed by atoms with Gasteiger partial charge in [-0.15, -0.1) is 0 Å². The molecule has 0 saturated heterocycles. The monoisotopic (exact) mass is 196 g/mol. The van der Waals surface area contributed by atoms with Gasteiger partial charge in [-0.25, -0.2) is 0 Å². The molecule has 0 radical (unpaired) electrons. The fourth-order valence-corrected chi connectivity index (χ4v) is 1.59. The molecule has 0 atom stereocenters. The van der Waals surface area contributed by atoms with Crippen LogP contribution in [0.3, 0.4) is 0 Å². The van der Waals surface area contributed by atoms with Crippen LogP contribution in [0.15, 0.2) is 18.2 Å². The molecular weight excluding hydrogens is 188 g/mol. The highest BCUT2D eigenvalue weighted by molar-refractivity contribution is 6.34. The quantitative estimate of drug-likeness (QED) is 0.700. The zero-order valence-corrected chi connectivity index (χ0v) is 8.17. The van der Waals surface area contributed by atoms with Crippen LogP contribution in [0.1, 0.15) is 0 Å². The van der Waals surface area contributed by atoms with Gasteiger partial charge in [-0.05, 0) is 18.2 Å². The van der Waals surface area contributed by atoms with Gasteiger partial charge in [0.05, 0.1) is 12.6 Å². The van der Waals surface area contributed by atoms with E-state index in [2.05, 4.69) is 5.10 Å². The Kier molecular flexibility index (Phi) is 1.88. The third kappa shape index (κ3) is 1.25. The minimum atomic E-state index is 0.511. The van der Waals surface area contributed by atoms with Crippen LogP contribution in [0.5, 0.6) is 5.75 Å². The van der Waals surface area contributed by atoms with Crippen molar-refractivity contribution in [2.75, 3.05) is 7.11 Å². The van der Waals surface area contributed by atoms with Gasteiger partial charge >= 0.3 is 0 Å². The summed E-state index contributed by atoms with van der Waals surface area (Å²) in [5.41, 5.74) is 1.01. The molecule has 0 bridgehead atoms. The summed E-state index contributed by atoms with van der Waals surface area (Å²) < 4.78 is 6.84. The summed E-state index contributed by atoms with van der Waals surface area (Å²) in [5, 5.41) is 5.52. The Bertz CT molecular complexity index is 450. The summed E-state index contributed by atoms with van der Waals surface area (Å²) in [5.74, 6) is 0.794. The van der Waals surface area contributed by atoms with Gasteiger partial charge in [0.15, 0.2) is 5.15 Å². The number of hydrogen-bond donors (Lipinski definition) is 0. The number of halogens is 1. The van der Waals surface area contributed by atoms with E-state index in [0.717, 1.165) is 16.7 Å². The molecule has 0 amide bonds. The second kappa shape index (κ2) is 2.92. The van der Waals surface area contributed by atoms with E-state index in [1.165, 1.54) is 0 Å². The Labute approximate surface area is 80.9 Å². The summed E-state index contributed by atoms with van der Waals surface area (Å²) >= 11 is 5.92. The summed E-state index contributed by atoms with van der Waals surface area (Å²) in [4.78, 5) is 0. The molecule has 0 aliphatic heterocycles. The van der Waals surface area contributed by atoms with Crippen molar-refractivity contribution < 1.29 is 4.74 Å². The summed E-state index contributed by atoms with van der Waals surface area (Å²) in [6.07, 6.45) is 0. The number of fused-ring (bicyclic) bond motifs is 1. The first-order valence-electron chi connectivity index (χ1n) is 3.88. The Morgan fingerprint density at radius 1 is 1.46 bits per heavy atom. The van der Waals surface area contributed by atoms with E-state index in [-0.39, 0.29) is 0 Å². The smallest absolute Gasteiger partial charge is 0.159 e. The molecule has 0 spiro atoms. The number of nitrogens with zero attached hydrogens (tertiary/aromatic N) is 2. The number of aryl methyl sites for hydroxylation is 1. The molecular formula is C9H9ClN2O. The molecule has 1 heterocycles. The minimum absolute atomic E-state index is 0.511. The van der Waals surface area contributed by atoms with Gasteiger partial charge in [0.2, 0.25) is 0 Å². The summed E-state index contributed by atoms with van der Waals surface area (Å²) in [6.45, 7) is 0. The third-order valence-corrected chi connectivity index (χ3v) is 2.29. The number of hydrogen-bond acceptors (Lipinski definition) is 2. The van der Waals surface area contributed by atoms with Crippen molar-refractivity contribution >= 4 is 22.5 Å². The van der Waals surface area contributed by atoms with Gasteiger partial charge < -0.3 is 4.74 Å². The van der Waals surface area contributed by atoms with Crippen LogP contribution in [-0.4, -0.2) is 16.9 Å². The predicted octanol–water partition coefficient (Wildman–Crippen LogP) is 2.24. The molecule has 4 heteroatoms. The molecule has 0 aliphatic carbocycles. The van der Waals surface area contributed by atoms with E-state index < -0.39 is 0 Å². The molecule has 2 aromatic rings. The van der Waals surface area contributed by atoms with Crippen LogP contribution < -0.4 is 4.74 Å². The topological polar surface area (TPSA) is 27.1 Å². The van der Waals surface area contributed by atoms with E-state index in [1.807, 2.05) is 25.2 Å². The largest absolute Gasteiger partial charge is 0.497 e. The van der Waals surface area contributed by atoms with Gasteiger partial charge in [0.1, 0.15) is 5.75 Å². The molecule has 3 nitrogen and oxygen atoms in total. The number of rotatable bonds is 1. The first-order chi connectivity index (χ1) is 6.22. The summed E-state index contributed by atoms with van der Waals surface area (Å²) in [6, 6.07) is 5.71. The average Bonchev–Trinajstić information content (AvgIpc) is 2.42. The molecule has 0 aliphatic rings. The van der Waals surface area contributed by atoms with Crippen LogP contribution in [0, 0.1) is 0 Å². The van der Waals surface area contributed by atoms with Crippen molar-refractivity contribution in [3.8, 4) is 5.75 Å². The normalized spacial score (nSPS) is 10.7. The van der Waals surface area contributed by atoms with Gasteiger partial charge in [-0.3, -0.25) is 4.68 Å². The van der Waals surface area contributed by atoms with Gasteiger partial charge in [0, 0.05) is 12.4 Å². The van der Waals surface area contributed by atoms with Crippen molar-refractivity contribution in [2.24, 2.45) is 7.05 Å². The van der Waals surface area contributed by atoms with Gasteiger partial charge in [0.25, 0.3) is 0 Å². The molecule has 68 valence electrons. The lowest BCUT2D eigenvalue weighted by molar-refractivity contribution is 0.415. The van der Waals surface area contributed by atoms with E-state index in [4.69, 9.17) is 16.3 Å². The van der Waals surface area contributed by atoms with E-state index in [9.17, 15) is 0 Å². The Hall–Kier alpha value is -1.22. The van der Waals surface area contributed by atoms with Crippen LogP contribution in [0.25, 0.3) is 10.9 Å². The molecule has 13 heavy (non-hydrogen) atoms. The zero-order chi connectivity index (χ0) is 9.42. The van der Waals surface area contributed by atoms with Crippen molar-refractivity contribution in [3.05, 3.63) is 23.4 Å². The molecule has 1 aromatic heterocycles. The van der Waals surface area contributed by atoms with Crippen LogP contribution in [-0.2, 0) is 7.05 Å². The van der Waals surface area contributed by atoms with E-state index >= 15 is 0 Å². The SMILES string of the molecule is COc1ccc2c(c1)c(Cl)nn2C. The maximum absolute atomic E-state index is 5.92.